The van der Waals surface area contributed by atoms with E-state index in [9.17, 15) is 0 Å². The summed E-state index contributed by atoms with van der Waals surface area (Å²) in [5, 5.41) is 0. The lowest BCUT2D eigenvalue weighted by atomic mass is 10.00. The smallest absolute Gasteiger partial charge is 0.0332 e. The number of hydrogen-bond acceptors (Lipinski definition) is 1. The highest BCUT2D eigenvalue weighted by molar-refractivity contribution is 5.25. The molecular weight excluding hydrogens is 158 g/mol. The largest absolute Gasteiger partial charge is 0.324 e. The Balaban J connectivity index is 2.76. The monoisotopic (exact) mass is 175 g/mol. The van der Waals surface area contributed by atoms with Crippen LogP contribution in [0.15, 0.2) is 36.4 Å². The van der Waals surface area contributed by atoms with Gasteiger partial charge in [0.1, 0.15) is 0 Å². The molecule has 0 aromatic heterocycles. The van der Waals surface area contributed by atoms with E-state index in [0.717, 1.165) is 12.0 Å². The quantitative estimate of drug-likeness (QED) is 0.702. The molecule has 0 heterocycles. The zero-order valence-electron chi connectivity index (χ0n) is 8.38. The van der Waals surface area contributed by atoms with Gasteiger partial charge in [0.05, 0.1) is 0 Å². The summed E-state index contributed by atoms with van der Waals surface area (Å²) in [6.45, 7) is 7.95. The van der Waals surface area contributed by atoms with Gasteiger partial charge in [-0.25, -0.2) is 0 Å². The average molecular weight is 175 g/mol. The van der Waals surface area contributed by atoms with Crippen LogP contribution in [0.5, 0.6) is 0 Å². The van der Waals surface area contributed by atoms with Gasteiger partial charge in [-0.1, -0.05) is 35.4 Å². The molecule has 0 saturated carbocycles. The van der Waals surface area contributed by atoms with E-state index in [-0.39, 0.29) is 6.04 Å². The van der Waals surface area contributed by atoms with E-state index in [1.807, 2.05) is 13.0 Å². The lowest BCUT2D eigenvalue weighted by Crippen LogP contribution is -2.10. The Morgan fingerprint density at radius 1 is 1.54 bits per heavy atom. The van der Waals surface area contributed by atoms with E-state index >= 15 is 0 Å². The second-order valence-corrected chi connectivity index (χ2v) is 3.68. The second kappa shape index (κ2) is 4.24. The molecule has 1 aromatic rings. The molecule has 2 N–H and O–H groups in total. The molecule has 1 atom stereocenters. The fraction of sp³-hybridized carbons (Fsp3) is 0.333. The zero-order valence-corrected chi connectivity index (χ0v) is 8.38. The third-order valence-corrected chi connectivity index (χ3v) is 2.04. The lowest BCUT2D eigenvalue weighted by molar-refractivity contribution is 0.716. The third-order valence-electron chi connectivity index (χ3n) is 2.04. The first-order valence-electron chi connectivity index (χ1n) is 4.56. The van der Waals surface area contributed by atoms with Crippen molar-refractivity contribution in [1.82, 2.24) is 0 Å². The molecule has 0 amide bonds. The van der Waals surface area contributed by atoms with E-state index in [4.69, 9.17) is 5.73 Å². The minimum atomic E-state index is 0.0948. The maximum atomic E-state index is 6.00. The summed E-state index contributed by atoms with van der Waals surface area (Å²) in [4.78, 5) is 0. The molecule has 1 heteroatoms. The van der Waals surface area contributed by atoms with E-state index in [1.165, 1.54) is 11.1 Å². The summed E-state index contributed by atoms with van der Waals surface area (Å²) >= 11 is 0. The van der Waals surface area contributed by atoms with Crippen LogP contribution >= 0.6 is 0 Å². The van der Waals surface area contributed by atoms with Crippen LogP contribution in [0, 0.1) is 6.92 Å². The molecule has 0 saturated heterocycles. The number of benzene rings is 1. The van der Waals surface area contributed by atoms with Crippen molar-refractivity contribution >= 4 is 0 Å². The molecule has 70 valence electrons. The van der Waals surface area contributed by atoms with Crippen LogP contribution < -0.4 is 5.73 Å². The summed E-state index contributed by atoms with van der Waals surface area (Å²) in [6, 6.07) is 8.42. The Morgan fingerprint density at radius 3 is 2.77 bits per heavy atom. The Kier molecular flexibility index (Phi) is 3.26. The molecule has 0 aliphatic carbocycles. The summed E-state index contributed by atoms with van der Waals surface area (Å²) in [5.41, 5.74) is 9.59. The van der Waals surface area contributed by atoms with Gasteiger partial charge in [-0.2, -0.15) is 0 Å². The van der Waals surface area contributed by atoms with E-state index in [1.54, 1.807) is 0 Å². The normalized spacial score (nSPS) is 12.5. The molecule has 1 unspecified atom stereocenters. The van der Waals surface area contributed by atoms with Gasteiger partial charge < -0.3 is 5.73 Å². The zero-order chi connectivity index (χ0) is 9.84. The molecule has 1 rings (SSSR count). The van der Waals surface area contributed by atoms with Crippen molar-refractivity contribution in [2.75, 3.05) is 0 Å². The van der Waals surface area contributed by atoms with Crippen LogP contribution in [0.2, 0.25) is 0 Å². The van der Waals surface area contributed by atoms with Gasteiger partial charge in [0.25, 0.3) is 0 Å². The first kappa shape index (κ1) is 10.0. The third kappa shape index (κ3) is 3.03. The predicted octanol–water partition coefficient (Wildman–Crippen LogP) is 2.96. The molecule has 0 fully saturated rings. The predicted molar refractivity (Wildman–Crippen MR) is 57.5 cm³/mol. The van der Waals surface area contributed by atoms with Crippen molar-refractivity contribution in [1.29, 1.82) is 0 Å². The SMILES string of the molecule is C=C(C)CC(N)c1cccc(C)c1. The molecule has 0 radical (unpaired) electrons. The molecule has 1 aromatic carbocycles. The molecule has 0 spiro atoms. The van der Waals surface area contributed by atoms with Gasteiger partial charge in [0, 0.05) is 6.04 Å². The van der Waals surface area contributed by atoms with Gasteiger partial charge in [0.15, 0.2) is 0 Å². The summed E-state index contributed by atoms with van der Waals surface area (Å²) in [7, 11) is 0. The lowest BCUT2D eigenvalue weighted by Gasteiger charge is -2.12. The highest BCUT2D eigenvalue weighted by atomic mass is 14.6. The van der Waals surface area contributed by atoms with Gasteiger partial charge >= 0.3 is 0 Å². The average Bonchev–Trinajstić information content (AvgIpc) is 2.03. The Hall–Kier alpha value is -1.08. The number of aryl methyl sites for hydroxylation is 1. The molecule has 0 aliphatic heterocycles. The fourth-order valence-corrected chi connectivity index (χ4v) is 1.39. The van der Waals surface area contributed by atoms with Crippen LogP contribution in [0.4, 0.5) is 0 Å². The summed E-state index contributed by atoms with van der Waals surface area (Å²) in [5.74, 6) is 0. The number of nitrogens with two attached hydrogens (primary N) is 1. The van der Waals surface area contributed by atoms with Crippen molar-refractivity contribution in [3.8, 4) is 0 Å². The highest BCUT2D eigenvalue weighted by Gasteiger charge is 2.05. The topological polar surface area (TPSA) is 26.0 Å². The van der Waals surface area contributed by atoms with Crippen LogP contribution in [0.25, 0.3) is 0 Å². The summed E-state index contributed by atoms with van der Waals surface area (Å²) < 4.78 is 0. The van der Waals surface area contributed by atoms with Crippen molar-refractivity contribution in [2.45, 2.75) is 26.3 Å². The van der Waals surface area contributed by atoms with Gasteiger partial charge in [-0.15, -0.1) is 6.58 Å². The van der Waals surface area contributed by atoms with Crippen LogP contribution in [0.1, 0.15) is 30.5 Å². The van der Waals surface area contributed by atoms with Gasteiger partial charge in [-0.3, -0.25) is 0 Å². The molecular formula is C12H17N. The first-order chi connectivity index (χ1) is 6.09. The van der Waals surface area contributed by atoms with Crippen LogP contribution in [-0.4, -0.2) is 0 Å². The van der Waals surface area contributed by atoms with E-state index in [0.29, 0.717) is 0 Å². The Bertz CT molecular complexity index is 302. The minimum Gasteiger partial charge on any atom is -0.324 e. The molecule has 0 aliphatic rings. The molecule has 13 heavy (non-hydrogen) atoms. The number of rotatable bonds is 3. The fourth-order valence-electron chi connectivity index (χ4n) is 1.39. The maximum Gasteiger partial charge on any atom is 0.0332 e. The van der Waals surface area contributed by atoms with Crippen LogP contribution in [-0.2, 0) is 0 Å². The van der Waals surface area contributed by atoms with Crippen molar-refractivity contribution in [3.05, 3.63) is 47.5 Å². The Labute approximate surface area is 80.3 Å². The Morgan fingerprint density at radius 2 is 2.23 bits per heavy atom. The maximum absolute atomic E-state index is 6.00. The first-order valence-corrected chi connectivity index (χ1v) is 4.56. The second-order valence-electron chi connectivity index (χ2n) is 3.68. The van der Waals surface area contributed by atoms with Crippen molar-refractivity contribution in [3.63, 3.8) is 0 Å². The van der Waals surface area contributed by atoms with Crippen LogP contribution in [0.3, 0.4) is 0 Å². The van der Waals surface area contributed by atoms with E-state index < -0.39 is 0 Å². The van der Waals surface area contributed by atoms with Crippen molar-refractivity contribution in [2.24, 2.45) is 5.73 Å². The van der Waals surface area contributed by atoms with E-state index in [2.05, 4.69) is 31.7 Å². The van der Waals surface area contributed by atoms with Crippen molar-refractivity contribution < 1.29 is 0 Å². The van der Waals surface area contributed by atoms with Gasteiger partial charge in [0.2, 0.25) is 0 Å². The number of hydrogen-bond donors (Lipinski definition) is 1. The molecule has 1 nitrogen and oxygen atoms in total. The minimum absolute atomic E-state index is 0.0948. The highest BCUT2D eigenvalue weighted by Crippen LogP contribution is 2.18. The standard InChI is InChI=1S/C12H17N/c1-9(2)7-12(13)11-6-4-5-10(3)8-11/h4-6,8,12H,1,7,13H2,2-3H3. The van der Waals surface area contributed by atoms with Gasteiger partial charge in [-0.05, 0) is 25.8 Å². The molecule has 0 bridgehead atoms. The summed E-state index contributed by atoms with van der Waals surface area (Å²) in [6.07, 6.45) is 0.865.